The monoisotopic (exact) mass is 336 g/mol. The summed E-state index contributed by atoms with van der Waals surface area (Å²) in [5.41, 5.74) is 6.42. The number of nitrogens with one attached hydrogen (secondary N) is 3. The van der Waals surface area contributed by atoms with Crippen molar-refractivity contribution in [2.75, 3.05) is 39.3 Å². The molecule has 6 heteroatoms. The highest BCUT2D eigenvalue weighted by Gasteiger charge is 2.01. The maximum atomic E-state index is 11.5. The molecule has 0 aliphatic carbocycles. The van der Waals surface area contributed by atoms with Crippen molar-refractivity contribution >= 4 is 6.09 Å². The second-order valence-electron chi connectivity index (χ2n) is 5.69. The van der Waals surface area contributed by atoms with Crippen LogP contribution >= 0.6 is 0 Å². The third-order valence-corrected chi connectivity index (χ3v) is 3.53. The molecular formula is C18H32N4O2. The fourth-order valence-corrected chi connectivity index (χ4v) is 2.16. The Morgan fingerprint density at radius 3 is 2.17 bits per heavy atom. The number of ether oxygens (including phenoxy) is 1. The Morgan fingerprint density at radius 1 is 0.875 bits per heavy atom. The largest absolute Gasteiger partial charge is 0.445 e. The van der Waals surface area contributed by atoms with Gasteiger partial charge in [0.15, 0.2) is 0 Å². The Bertz CT molecular complexity index is 415. The van der Waals surface area contributed by atoms with Gasteiger partial charge in [-0.1, -0.05) is 30.3 Å². The SMILES string of the molecule is NCCCNCCCCNCCCNC(=O)OCc1ccccc1. The molecule has 6 nitrogen and oxygen atoms in total. The van der Waals surface area contributed by atoms with Crippen LogP contribution in [-0.2, 0) is 11.3 Å². The molecule has 136 valence electrons. The molecule has 24 heavy (non-hydrogen) atoms. The van der Waals surface area contributed by atoms with Gasteiger partial charge >= 0.3 is 6.09 Å². The third-order valence-electron chi connectivity index (χ3n) is 3.53. The normalized spacial score (nSPS) is 10.5. The van der Waals surface area contributed by atoms with Crippen molar-refractivity contribution in [2.45, 2.75) is 32.3 Å². The Morgan fingerprint density at radius 2 is 1.50 bits per heavy atom. The van der Waals surface area contributed by atoms with Crippen molar-refractivity contribution in [2.24, 2.45) is 5.73 Å². The number of unbranched alkanes of at least 4 members (excludes halogenated alkanes) is 1. The molecule has 1 rings (SSSR count). The molecule has 1 aromatic rings. The first-order valence-electron chi connectivity index (χ1n) is 8.89. The van der Waals surface area contributed by atoms with E-state index in [1.807, 2.05) is 30.3 Å². The summed E-state index contributed by atoms with van der Waals surface area (Å²) in [7, 11) is 0. The minimum absolute atomic E-state index is 0.310. The zero-order valence-electron chi connectivity index (χ0n) is 14.6. The average molecular weight is 336 g/mol. The molecule has 0 fully saturated rings. The molecule has 1 amide bonds. The summed E-state index contributed by atoms with van der Waals surface area (Å²) in [6.07, 6.45) is 3.90. The number of hydrogen-bond donors (Lipinski definition) is 4. The van der Waals surface area contributed by atoms with E-state index in [1.165, 1.54) is 6.42 Å². The highest BCUT2D eigenvalue weighted by Crippen LogP contribution is 2.00. The molecule has 0 aromatic heterocycles. The molecule has 1 aromatic carbocycles. The zero-order chi connectivity index (χ0) is 17.3. The smallest absolute Gasteiger partial charge is 0.407 e. The van der Waals surface area contributed by atoms with Gasteiger partial charge in [0.05, 0.1) is 0 Å². The first-order chi connectivity index (χ1) is 11.8. The van der Waals surface area contributed by atoms with Gasteiger partial charge in [-0.15, -0.1) is 0 Å². The van der Waals surface area contributed by atoms with E-state index in [2.05, 4.69) is 16.0 Å². The van der Waals surface area contributed by atoms with Crippen LogP contribution in [0.2, 0.25) is 0 Å². The van der Waals surface area contributed by atoms with E-state index >= 15 is 0 Å². The minimum atomic E-state index is -0.359. The van der Waals surface area contributed by atoms with Gasteiger partial charge < -0.3 is 26.4 Å². The summed E-state index contributed by atoms with van der Waals surface area (Å²) < 4.78 is 5.14. The quantitative estimate of drug-likeness (QED) is 0.388. The van der Waals surface area contributed by atoms with Crippen molar-refractivity contribution < 1.29 is 9.53 Å². The lowest BCUT2D eigenvalue weighted by Crippen LogP contribution is -2.28. The predicted molar refractivity (Wildman–Crippen MR) is 97.9 cm³/mol. The first kappa shape index (κ1) is 20.4. The summed E-state index contributed by atoms with van der Waals surface area (Å²) >= 11 is 0. The average Bonchev–Trinajstić information content (AvgIpc) is 2.62. The molecule has 5 N–H and O–H groups in total. The molecule has 0 saturated carbocycles. The summed E-state index contributed by atoms with van der Waals surface area (Å²) in [6.45, 7) is 5.66. The van der Waals surface area contributed by atoms with Gasteiger partial charge in [0.25, 0.3) is 0 Å². The van der Waals surface area contributed by atoms with Crippen LogP contribution in [0.15, 0.2) is 30.3 Å². The van der Waals surface area contributed by atoms with E-state index in [0.717, 1.165) is 57.5 Å². The van der Waals surface area contributed by atoms with Gasteiger partial charge in [-0.3, -0.25) is 0 Å². The number of amides is 1. The van der Waals surface area contributed by atoms with Gasteiger partial charge in [-0.25, -0.2) is 4.79 Å². The van der Waals surface area contributed by atoms with Crippen LogP contribution in [-0.4, -0.2) is 45.4 Å². The van der Waals surface area contributed by atoms with Gasteiger partial charge in [-0.2, -0.15) is 0 Å². The second kappa shape index (κ2) is 14.9. The minimum Gasteiger partial charge on any atom is -0.445 e. The third kappa shape index (κ3) is 11.9. The number of carbonyl (C=O) groups excluding carboxylic acids is 1. The van der Waals surface area contributed by atoms with Crippen LogP contribution in [0, 0.1) is 0 Å². The van der Waals surface area contributed by atoms with Crippen LogP contribution in [0.1, 0.15) is 31.2 Å². The molecule has 0 bridgehead atoms. The lowest BCUT2D eigenvalue weighted by Gasteiger charge is -2.08. The molecule has 0 radical (unpaired) electrons. The number of carbonyl (C=O) groups is 1. The zero-order valence-corrected chi connectivity index (χ0v) is 14.6. The van der Waals surface area contributed by atoms with E-state index in [4.69, 9.17) is 10.5 Å². The number of nitrogens with two attached hydrogens (primary N) is 1. The highest BCUT2D eigenvalue weighted by atomic mass is 16.5. The number of hydrogen-bond acceptors (Lipinski definition) is 5. The van der Waals surface area contributed by atoms with Crippen LogP contribution in [0.4, 0.5) is 4.79 Å². The van der Waals surface area contributed by atoms with Crippen LogP contribution in [0.5, 0.6) is 0 Å². The van der Waals surface area contributed by atoms with Crippen molar-refractivity contribution in [3.8, 4) is 0 Å². The summed E-state index contributed by atoms with van der Waals surface area (Å²) in [4.78, 5) is 11.5. The van der Waals surface area contributed by atoms with Crippen molar-refractivity contribution in [1.29, 1.82) is 0 Å². The van der Waals surface area contributed by atoms with Crippen LogP contribution < -0.4 is 21.7 Å². The fourth-order valence-electron chi connectivity index (χ4n) is 2.16. The highest BCUT2D eigenvalue weighted by molar-refractivity contribution is 5.67. The number of alkyl carbamates (subject to hydrolysis) is 1. The van der Waals surface area contributed by atoms with E-state index < -0.39 is 0 Å². The van der Waals surface area contributed by atoms with Crippen molar-refractivity contribution in [3.05, 3.63) is 35.9 Å². The van der Waals surface area contributed by atoms with Gasteiger partial charge in [-0.05, 0) is 64.0 Å². The summed E-state index contributed by atoms with van der Waals surface area (Å²) in [5.74, 6) is 0. The molecule has 0 aliphatic rings. The van der Waals surface area contributed by atoms with Gasteiger partial charge in [0.2, 0.25) is 0 Å². The molecule has 0 unspecified atom stereocenters. The van der Waals surface area contributed by atoms with E-state index in [9.17, 15) is 4.79 Å². The van der Waals surface area contributed by atoms with Gasteiger partial charge in [0, 0.05) is 6.54 Å². The molecule has 0 atom stereocenters. The van der Waals surface area contributed by atoms with E-state index in [0.29, 0.717) is 13.2 Å². The lowest BCUT2D eigenvalue weighted by molar-refractivity contribution is 0.139. The molecule has 0 heterocycles. The Labute approximate surface area is 145 Å². The van der Waals surface area contributed by atoms with Crippen LogP contribution in [0.25, 0.3) is 0 Å². The first-order valence-corrected chi connectivity index (χ1v) is 8.89. The summed E-state index contributed by atoms with van der Waals surface area (Å²) in [5, 5.41) is 9.51. The molecule has 0 saturated heterocycles. The topological polar surface area (TPSA) is 88.4 Å². The molecule has 0 spiro atoms. The number of benzene rings is 1. The lowest BCUT2D eigenvalue weighted by atomic mass is 10.2. The summed E-state index contributed by atoms with van der Waals surface area (Å²) in [6, 6.07) is 9.67. The van der Waals surface area contributed by atoms with E-state index in [1.54, 1.807) is 0 Å². The molecular weight excluding hydrogens is 304 g/mol. The Balaban J connectivity index is 1.82. The van der Waals surface area contributed by atoms with Crippen molar-refractivity contribution in [3.63, 3.8) is 0 Å². The molecule has 0 aliphatic heterocycles. The van der Waals surface area contributed by atoms with E-state index in [-0.39, 0.29) is 6.09 Å². The van der Waals surface area contributed by atoms with Gasteiger partial charge in [0.1, 0.15) is 6.61 Å². The van der Waals surface area contributed by atoms with Crippen molar-refractivity contribution in [1.82, 2.24) is 16.0 Å². The maximum absolute atomic E-state index is 11.5. The van der Waals surface area contributed by atoms with Crippen LogP contribution in [0.3, 0.4) is 0 Å². The maximum Gasteiger partial charge on any atom is 0.407 e. The fraction of sp³-hybridized carbons (Fsp3) is 0.611. The predicted octanol–water partition coefficient (Wildman–Crippen LogP) is 1.61. The Hall–Kier alpha value is -1.63. The standard InChI is InChI=1S/C18H32N4O2/c19-10-6-13-20-11-4-5-12-21-14-7-15-22-18(23)24-16-17-8-2-1-3-9-17/h1-3,8-9,20-21H,4-7,10-16,19H2,(H,22,23). The second-order valence-corrected chi connectivity index (χ2v) is 5.69. The Kier molecular flexibility index (Phi) is 12.7. The number of rotatable bonds is 14.